The summed E-state index contributed by atoms with van der Waals surface area (Å²) in [6.07, 6.45) is -0.885. The van der Waals surface area contributed by atoms with Crippen molar-refractivity contribution in [2.24, 2.45) is 10.7 Å². The Hall–Kier alpha value is -6.95. The highest BCUT2D eigenvalue weighted by molar-refractivity contribution is 5.98. The third kappa shape index (κ3) is 13.1. The number of nitrogens with two attached hydrogens (primary N) is 1. The van der Waals surface area contributed by atoms with E-state index in [-0.39, 0.29) is 44.6 Å². The molecule has 5 aromatic carbocycles. The fraction of sp³-hybridized carbons (Fsp3) is 0.222. The molecular formula is C45H47N5O7. The van der Waals surface area contributed by atoms with Crippen molar-refractivity contribution in [2.45, 2.75) is 44.4 Å². The first kappa shape index (κ1) is 41.2. The second-order valence-corrected chi connectivity index (χ2v) is 13.1. The molecule has 0 fully saturated rings. The quantitative estimate of drug-likeness (QED) is 0.0533. The van der Waals surface area contributed by atoms with Crippen molar-refractivity contribution in [2.75, 3.05) is 20.2 Å². The summed E-state index contributed by atoms with van der Waals surface area (Å²) in [7, 11) is 1.59. The summed E-state index contributed by atoms with van der Waals surface area (Å²) in [5, 5.41) is 5.43. The zero-order valence-electron chi connectivity index (χ0n) is 31.8. The van der Waals surface area contributed by atoms with E-state index in [2.05, 4.69) is 15.6 Å². The van der Waals surface area contributed by atoms with Crippen LogP contribution < -0.4 is 21.1 Å². The van der Waals surface area contributed by atoms with E-state index >= 15 is 0 Å². The van der Waals surface area contributed by atoms with Crippen LogP contribution in [-0.4, -0.2) is 61.1 Å². The van der Waals surface area contributed by atoms with Crippen LogP contribution in [0.2, 0.25) is 0 Å². The Balaban J connectivity index is 1.32. The van der Waals surface area contributed by atoms with Gasteiger partial charge in [0.1, 0.15) is 25.0 Å². The number of carbonyl (C=O) groups excluding carboxylic acids is 4. The Bertz CT molecular complexity index is 2010. The zero-order valence-corrected chi connectivity index (χ0v) is 31.8. The molecular weight excluding hydrogens is 723 g/mol. The van der Waals surface area contributed by atoms with E-state index in [1.54, 1.807) is 24.1 Å². The van der Waals surface area contributed by atoms with Gasteiger partial charge in [-0.25, -0.2) is 9.59 Å². The first-order chi connectivity index (χ1) is 27.8. The molecule has 294 valence electrons. The van der Waals surface area contributed by atoms with Gasteiger partial charge in [-0.1, -0.05) is 133 Å². The average molecular weight is 770 g/mol. The van der Waals surface area contributed by atoms with E-state index in [0.29, 0.717) is 18.6 Å². The number of ether oxygens (including phenoxy) is 3. The number of amides is 4. The number of nitrogens with zero attached hydrogens (tertiary/aromatic N) is 2. The molecule has 12 heteroatoms. The summed E-state index contributed by atoms with van der Waals surface area (Å²) < 4.78 is 16.0. The van der Waals surface area contributed by atoms with Gasteiger partial charge in [-0.15, -0.1) is 4.99 Å². The summed E-state index contributed by atoms with van der Waals surface area (Å²) in [6, 6.07) is 43.6. The van der Waals surface area contributed by atoms with E-state index in [9.17, 15) is 19.2 Å². The van der Waals surface area contributed by atoms with Gasteiger partial charge < -0.3 is 30.2 Å². The molecule has 0 saturated heterocycles. The van der Waals surface area contributed by atoms with Gasteiger partial charge in [-0.3, -0.25) is 14.9 Å². The number of nitrogens with one attached hydrogen (secondary N) is 2. The summed E-state index contributed by atoms with van der Waals surface area (Å²) in [6.45, 7) is 0.306. The minimum atomic E-state index is -0.993. The molecule has 0 radical (unpaired) electrons. The normalized spacial score (nSPS) is 11.6. The van der Waals surface area contributed by atoms with E-state index < -0.39 is 30.1 Å². The number of hydrogen-bond acceptors (Lipinski definition) is 7. The van der Waals surface area contributed by atoms with Crippen LogP contribution in [0.15, 0.2) is 151 Å². The third-order valence-corrected chi connectivity index (χ3v) is 9.09. The minimum Gasteiger partial charge on any atom is -0.497 e. The topological polar surface area (TPSA) is 162 Å². The molecule has 0 unspecified atom stereocenters. The van der Waals surface area contributed by atoms with Crippen molar-refractivity contribution in [3.05, 3.63) is 173 Å². The third-order valence-electron chi connectivity index (χ3n) is 9.09. The Labute approximate surface area is 332 Å². The summed E-state index contributed by atoms with van der Waals surface area (Å²) in [5.74, 6) is -1.14. The molecule has 5 aromatic rings. The lowest BCUT2D eigenvalue weighted by Gasteiger charge is -2.33. The number of aliphatic imine (C=N–C) groups is 1. The van der Waals surface area contributed by atoms with Crippen molar-refractivity contribution in [3.8, 4) is 5.75 Å². The smallest absolute Gasteiger partial charge is 0.437 e. The number of carbonyl (C=O) groups is 4. The molecule has 0 aliphatic rings. The predicted molar refractivity (Wildman–Crippen MR) is 217 cm³/mol. The number of alkyl carbamates (subject to hydrolysis) is 1. The fourth-order valence-corrected chi connectivity index (χ4v) is 6.16. The van der Waals surface area contributed by atoms with Gasteiger partial charge in [-0.05, 0) is 59.2 Å². The first-order valence-corrected chi connectivity index (χ1v) is 18.6. The van der Waals surface area contributed by atoms with Crippen LogP contribution in [0.25, 0.3) is 0 Å². The van der Waals surface area contributed by atoms with E-state index in [0.717, 1.165) is 27.8 Å². The van der Waals surface area contributed by atoms with Crippen LogP contribution in [-0.2, 0) is 38.7 Å². The molecule has 0 aliphatic heterocycles. The summed E-state index contributed by atoms with van der Waals surface area (Å²) in [5.41, 5.74) is 10.1. The van der Waals surface area contributed by atoms with E-state index in [4.69, 9.17) is 19.9 Å². The van der Waals surface area contributed by atoms with Gasteiger partial charge in [0.05, 0.1) is 13.0 Å². The maximum absolute atomic E-state index is 14.8. The number of methoxy groups -OCH3 is 1. The first-order valence-electron chi connectivity index (χ1n) is 18.6. The molecule has 4 N–H and O–H groups in total. The largest absolute Gasteiger partial charge is 0.497 e. The van der Waals surface area contributed by atoms with Gasteiger partial charge in [0.15, 0.2) is 0 Å². The maximum atomic E-state index is 14.8. The number of guanidine groups is 1. The second-order valence-electron chi connectivity index (χ2n) is 13.1. The number of benzene rings is 5. The molecule has 0 heterocycles. The highest BCUT2D eigenvalue weighted by atomic mass is 16.6. The molecule has 0 bridgehead atoms. The maximum Gasteiger partial charge on any atom is 0.437 e. The molecule has 57 heavy (non-hydrogen) atoms. The lowest BCUT2D eigenvalue weighted by Crippen LogP contribution is -2.51. The van der Waals surface area contributed by atoms with Crippen molar-refractivity contribution < 1.29 is 33.4 Å². The number of rotatable bonds is 17. The monoisotopic (exact) mass is 769 g/mol. The zero-order chi connectivity index (χ0) is 40.2. The van der Waals surface area contributed by atoms with Gasteiger partial charge in [-0.2, -0.15) is 0 Å². The van der Waals surface area contributed by atoms with Crippen LogP contribution >= 0.6 is 0 Å². The lowest BCUT2D eigenvalue weighted by molar-refractivity contribution is -0.140. The van der Waals surface area contributed by atoms with E-state index in [1.807, 2.05) is 133 Å². The predicted octanol–water partition coefficient (Wildman–Crippen LogP) is 6.74. The van der Waals surface area contributed by atoms with Crippen LogP contribution in [0, 0.1) is 0 Å². The van der Waals surface area contributed by atoms with Crippen molar-refractivity contribution in [1.82, 2.24) is 15.5 Å². The SMILES string of the molecule is COc1ccc(CCN(C(=O)C(c2ccccc2)c2ccccc2)[C@H](CCCNC(=NC(=O)OCc2ccccc2)NC(=O)OCc2ccccc2)C(N)=O)cc1. The van der Waals surface area contributed by atoms with Crippen molar-refractivity contribution in [3.63, 3.8) is 0 Å². The lowest BCUT2D eigenvalue weighted by atomic mass is 9.89. The Morgan fingerprint density at radius 2 is 1.21 bits per heavy atom. The Morgan fingerprint density at radius 3 is 1.74 bits per heavy atom. The van der Waals surface area contributed by atoms with Gasteiger partial charge in [0, 0.05) is 13.1 Å². The van der Waals surface area contributed by atoms with Crippen molar-refractivity contribution in [1.29, 1.82) is 0 Å². The molecule has 1 atom stereocenters. The molecule has 0 aromatic heterocycles. The molecule has 12 nitrogen and oxygen atoms in total. The number of hydrogen-bond donors (Lipinski definition) is 3. The Morgan fingerprint density at radius 1 is 0.684 bits per heavy atom. The summed E-state index contributed by atoms with van der Waals surface area (Å²) >= 11 is 0. The van der Waals surface area contributed by atoms with E-state index in [1.165, 1.54) is 0 Å². The second kappa shape index (κ2) is 21.8. The summed E-state index contributed by atoms with van der Waals surface area (Å²) in [4.78, 5) is 59.1. The van der Waals surface area contributed by atoms with Crippen LogP contribution in [0.1, 0.15) is 46.6 Å². The molecule has 0 saturated carbocycles. The molecule has 0 spiro atoms. The highest BCUT2D eigenvalue weighted by Crippen LogP contribution is 2.29. The minimum absolute atomic E-state index is 0.00789. The Kier molecular flexibility index (Phi) is 15.8. The van der Waals surface area contributed by atoms with Crippen LogP contribution in [0.4, 0.5) is 9.59 Å². The van der Waals surface area contributed by atoms with Gasteiger partial charge in [0.25, 0.3) is 0 Å². The molecule has 5 rings (SSSR count). The highest BCUT2D eigenvalue weighted by Gasteiger charge is 2.34. The molecule has 4 amide bonds. The van der Waals surface area contributed by atoms with Crippen LogP contribution in [0.3, 0.4) is 0 Å². The molecule has 0 aliphatic carbocycles. The van der Waals surface area contributed by atoms with Gasteiger partial charge in [0.2, 0.25) is 17.8 Å². The fourth-order valence-electron chi connectivity index (χ4n) is 6.16. The van der Waals surface area contributed by atoms with Gasteiger partial charge >= 0.3 is 12.2 Å². The van der Waals surface area contributed by atoms with Crippen LogP contribution in [0.5, 0.6) is 5.75 Å². The number of primary amides is 1. The standard InChI is InChI=1S/C45H47N5O7/c1-55-38-26-24-33(25-27-38)28-30-50(42(52)40(36-19-10-4-11-20-36)37-21-12-5-13-22-37)39(41(46)51)23-14-29-47-43(48-44(53)56-31-34-15-6-2-7-16-34)49-45(54)57-32-35-17-8-3-9-18-35/h2-13,15-22,24-27,39-40H,14,23,28-32H2,1H3,(H2,46,51)(H2,47,48,49,53,54)/t39-/m1/s1. The average Bonchev–Trinajstić information content (AvgIpc) is 3.24. The van der Waals surface area contributed by atoms with Crippen molar-refractivity contribution >= 4 is 30.0 Å².